The predicted molar refractivity (Wildman–Crippen MR) is 99.2 cm³/mol. The standard InChI is InChI=1S/C19H14F2N2O4S/c20-18(21)27-12-7-5-11(6-8-12)23-16(24)13-3-1-2-4-14(13)22-19(23)28-15-9-10-26-17(15)25/h1-8,15,18H,9-10H2/t15-/m1/s1. The molecule has 2 heterocycles. The van der Waals surface area contributed by atoms with Crippen LogP contribution in [0.3, 0.4) is 0 Å². The van der Waals surface area contributed by atoms with Gasteiger partial charge in [-0.15, -0.1) is 0 Å². The van der Waals surface area contributed by atoms with E-state index >= 15 is 0 Å². The minimum absolute atomic E-state index is 0.0193. The highest BCUT2D eigenvalue weighted by atomic mass is 32.2. The lowest BCUT2D eigenvalue weighted by molar-refractivity contribution is -0.137. The van der Waals surface area contributed by atoms with Gasteiger partial charge in [0.05, 0.1) is 23.2 Å². The monoisotopic (exact) mass is 404 g/mol. The number of para-hydroxylation sites is 1. The number of fused-ring (bicyclic) bond motifs is 1. The topological polar surface area (TPSA) is 70.4 Å². The third-order valence-corrected chi connectivity index (χ3v) is 5.40. The Morgan fingerprint density at radius 2 is 1.89 bits per heavy atom. The fourth-order valence-corrected chi connectivity index (χ4v) is 3.98. The van der Waals surface area contributed by atoms with Crippen LogP contribution in [0.25, 0.3) is 16.6 Å². The maximum atomic E-state index is 13.1. The van der Waals surface area contributed by atoms with Crippen LogP contribution in [0.1, 0.15) is 6.42 Å². The molecular formula is C19H14F2N2O4S. The van der Waals surface area contributed by atoms with Crippen molar-refractivity contribution in [2.24, 2.45) is 0 Å². The van der Waals surface area contributed by atoms with E-state index in [0.717, 1.165) is 11.8 Å². The summed E-state index contributed by atoms with van der Waals surface area (Å²) in [5, 5.41) is 0.282. The zero-order valence-corrected chi connectivity index (χ0v) is 15.2. The van der Waals surface area contributed by atoms with Gasteiger partial charge in [-0.25, -0.2) is 4.98 Å². The van der Waals surface area contributed by atoms with E-state index in [2.05, 4.69) is 9.72 Å². The molecule has 144 valence electrons. The summed E-state index contributed by atoms with van der Waals surface area (Å²) in [5.41, 5.74) is 0.621. The highest BCUT2D eigenvalue weighted by molar-refractivity contribution is 8.00. The quantitative estimate of drug-likeness (QED) is 0.480. The second-order valence-corrected chi connectivity index (χ2v) is 7.16. The number of esters is 1. The number of carbonyl (C=O) groups is 1. The van der Waals surface area contributed by atoms with E-state index in [0.29, 0.717) is 34.8 Å². The van der Waals surface area contributed by atoms with E-state index in [1.165, 1.54) is 28.8 Å². The van der Waals surface area contributed by atoms with E-state index in [9.17, 15) is 18.4 Å². The summed E-state index contributed by atoms with van der Waals surface area (Å²) in [6.45, 7) is -2.61. The molecule has 1 fully saturated rings. The fourth-order valence-electron chi connectivity index (χ4n) is 2.91. The minimum atomic E-state index is -2.93. The molecule has 0 radical (unpaired) electrons. The van der Waals surface area contributed by atoms with Crippen LogP contribution in [0.15, 0.2) is 58.5 Å². The zero-order chi connectivity index (χ0) is 19.7. The average molecular weight is 404 g/mol. The normalized spacial score (nSPS) is 16.5. The third kappa shape index (κ3) is 3.57. The SMILES string of the molecule is O=C1OCC[C@H]1Sc1nc2ccccc2c(=O)n1-c1ccc(OC(F)F)cc1. The van der Waals surface area contributed by atoms with Crippen molar-refractivity contribution in [3.63, 3.8) is 0 Å². The Morgan fingerprint density at radius 1 is 1.14 bits per heavy atom. The van der Waals surface area contributed by atoms with Gasteiger partial charge in [-0.3, -0.25) is 14.2 Å². The van der Waals surface area contributed by atoms with E-state index in [4.69, 9.17) is 4.74 Å². The van der Waals surface area contributed by atoms with E-state index in [1.807, 2.05) is 0 Å². The Morgan fingerprint density at radius 3 is 2.57 bits per heavy atom. The molecule has 4 rings (SSSR count). The van der Waals surface area contributed by atoms with Gasteiger partial charge in [-0.2, -0.15) is 8.78 Å². The van der Waals surface area contributed by atoms with Crippen LogP contribution in [0.5, 0.6) is 5.75 Å². The molecule has 1 aliphatic rings. The molecule has 3 aromatic rings. The number of hydrogen-bond donors (Lipinski definition) is 0. The number of alkyl halides is 2. The van der Waals surface area contributed by atoms with Crippen LogP contribution in [-0.4, -0.2) is 34.0 Å². The number of aromatic nitrogens is 2. The van der Waals surface area contributed by atoms with Gasteiger partial charge in [-0.1, -0.05) is 23.9 Å². The van der Waals surface area contributed by atoms with Gasteiger partial charge in [0.25, 0.3) is 5.56 Å². The van der Waals surface area contributed by atoms with Crippen molar-refractivity contribution in [2.75, 3.05) is 6.61 Å². The Bertz CT molecular complexity index is 1090. The molecule has 28 heavy (non-hydrogen) atoms. The molecular weight excluding hydrogens is 390 g/mol. The maximum Gasteiger partial charge on any atom is 0.387 e. The highest BCUT2D eigenvalue weighted by Crippen LogP contribution is 2.30. The summed E-state index contributed by atoms with van der Waals surface area (Å²) in [7, 11) is 0. The molecule has 2 aromatic carbocycles. The number of hydrogen-bond acceptors (Lipinski definition) is 6. The molecule has 1 atom stereocenters. The van der Waals surface area contributed by atoms with Gasteiger partial charge in [0.1, 0.15) is 11.0 Å². The van der Waals surface area contributed by atoms with Crippen molar-refractivity contribution in [3.8, 4) is 11.4 Å². The molecule has 0 N–H and O–H groups in total. The molecule has 0 bridgehead atoms. The number of ether oxygens (including phenoxy) is 2. The van der Waals surface area contributed by atoms with Crippen LogP contribution < -0.4 is 10.3 Å². The van der Waals surface area contributed by atoms with E-state index in [1.54, 1.807) is 24.3 Å². The molecule has 0 spiro atoms. The number of thioether (sulfide) groups is 1. The number of carbonyl (C=O) groups excluding carboxylic acids is 1. The largest absolute Gasteiger partial charge is 0.465 e. The van der Waals surface area contributed by atoms with Crippen LogP contribution in [0, 0.1) is 0 Å². The van der Waals surface area contributed by atoms with Crippen molar-refractivity contribution in [3.05, 3.63) is 58.9 Å². The first-order valence-corrected chi connectivity index (χ1v) is 9.31. The lowest BCUT2D eigenvalue weighted by Crippen LogP contribution is -2.23. The molecule has 0 amide bonds. The number of nitrogens with zero attached hydrogens (tertiary/aromatic N) is 2. The Kier molecular flexibility index (Phi) is 4.99. The van der Waals surface area contributed by atoms with Crippen molar-refractivity contribution in [2.45, 2.75) is 23.4 Å². The molecule has 1 aromatic heterocycles. The van der Waals surface area contributed by atoms with E-state index in [-0.39, 0.29) is 17.3 Å². The van der Waals surface area contributed by atoms with Crippen LogP contribution in [0.2, 0.25) is 0 Å². The second-order valence-electron chi connectivity index (χ2n) is 5.99. The Balaban J connectivity index is 1.82. The van der Waals surface area contributed by atoms with Gasteiger partial charge < -0.3 is 9.47 Å². The average Bonchev–Trinajstić information content (AvgIpc) is 3.07. The Hall–Kier alpha value is -2.94. The van der Waals surface area contributed by atoms with Gasteiger partial charge in [0.2, 0.25) is 0 Å². The second kappa shape index (κ2) is 7.59. The van der Waals surface area contributed by atoms with Crippen LogP contribution in [-0.2, 0) is 9.53 Å². The van der Waals surface area contributed by atoms with Crippen molar-refractivity contribution >= 4 is 28.6 Å². The molecule has 0 unspecified atom stereocenters. The van der Waals surface area contributed by atoms with Crippen LogP contribution in [0.4, 0.5) is 8.78 Å². The molecule has 1 aliphatic heterocycles. The van der Waals surface area contributed by atoms with Gasteiger partial charge in [0, 0.05) is 6.42 Å². The summed E-state index contributed by atoms with van der Waals surface area (Å²) in [5.74, 6) is -0.367. The van der Waals surface area contributed by atoms with Gasteiger partial charge in [-0.05, 0) is 36.4 Å². The number of cyclic esters (lactones) is 1. The summed E-state index contributed by atoms with van der Waals surface area (Å²) >= 11 is 1.15. The Labute approximate surface area is 162 Å². The summed E-state index contributed by atoms with van der Waals surface area (Å²) < 4.78 is 35.5. The van der Waals surface area contributed by atoms with Crippen molar-refractivity contribution in [1.29, 1.82) is 0 Å². The molecule has 1 saturated heterocycles. The zero-order valence-electron chi connectivity index (χ0n) is 14.4. The number of rotatable bonds is 5. The van der Waals surface area contributed by atoms with E-state index < -0.39 is 11.9 Å². The lowest BCUT2D eigenvalue weighted by Gasteiger charge is -2.15. The first-order valence-electron chi connectivity index (χ1n) is 8.43. The number of halogens is 2. The third-order valence-electron chi connectivity index (χ3n) is 4.20. The van der Waals surface area contributed by atoms with Crippen LogP contribution >= 0.6 is 11.8 Å². The number of benzene rings is 2. The van der Waals surface area contributed by atoms with Gasteiger partial charge in [0.15, 0.2) is 5.16 Å². The lowest BCUT2D eigenvalue weighted by atomic mass is 10.2. The molecule has 6 nitrogen and oxygen atoms in total. The summed E-state index contributed by atoms with van der Waals surface area (Å²) in [4.78, 5) is 29.5. The minimum Gasteiger partial charge on any atom is -0.465 e. The highest BCUT2D eigenvalue weighted by Gasteiger charge is 2.29. The molecule has 0 saturated carbocycles. The predicted octanol–water partition coefficient (Wildman–Crippen LogP) is 3.39. The molecule has 9 heteroatoms. The first kappa shape index (κ1) is 18.4. The first-order chi connectivity index (χ1) is 13.5. The van der Waals surface area contributed by atoms with Crippen molar-refractivity contribution < 1.29 is 23.0 Å². The van der Waals surface area contributed by atoms with Crippen molar-refractivity contribution in [1.82, 2.24) is 9.55 Å². The smallest absolute Gasteiger partial charge is 0.387 e. The fraction of sp³-hybridized carbons (Fsp3) is 0.211. The molecule has 0 aliphatic carbocycles. The maximum absolute atomic E-state index is 13.1. The van der Waals surface area contributed by atoms with Gasteiger partial charge >= 0.3 is 12.6 Å². The summed E-state index contributed by atoms with van der Waals surface area (Å²) in [6.07, 6.45) is 0.521. The summed E-state index contributed by atoms with van der Waals surface area (Å²) in [6, 6.07) is 12.6.